The standard InChI is InChI=1S/C28H21Cl5N2O5/c1-2-3-9-37-15-6-4-5-14(10-15)21-17-8-7-16(11-19(17)40-28(35)18(21)12-34)39-20(36)13-38-27-25(32)23(30)22(29)24(31)26(27)33/h4-8,10-11,21H,2-3,9,13,35H2,1H3. The summed E-state index contributed by atoms with van der Waals surface area (Å²) >= 11 is 30.3. The molecule has 0 spiro atoms. The van der Waals surface area contributed by atoms with E-state index in [0.717, 1.165) is 18.4 Å². The van der Waals surface area contributed by atoms with Gasteiger partial charge in [-0.25, -0.2) is 4.79 Å². The monoisotopic (exact) mass is 640 g/mol. The number of esters is 1. The van der Waals surface area contributed by atoms with E-state index in [2.05, 4.69) is 13.0 Å². The molecule has 3 aromatic carbocycles. The van der Waals surface area contributed by atoms with Crippen molar-refractivity contribution in [3.63, 3.8) is 0 Å². The summed E-state index contributed by atoms with van der Waals surface area (Å²) in [6.45, 7) is 2.10. The predicted octanol–water partition coefficient (Wildman–Crippen LogP) is 8.34. The molecule has 1 unspecified atom stereocenters. The molecule has 0 radical (unpaired) electrons. The summed E-state index contributed by atoms with van der Waals surface area (Å²) in [6, 6.07) is 14.4. The van der Waals surface area contributed by atoms with E-state index < -0.39 is 18.5 Å². The minimum atomic E-state index is -0.778. The molecule has 208 valence electrons. The third kappa shape index (κ3) is 6.33. The summed E-state index contributed by atoms with van der Waals surface area (Å²) in [5.41, 5.74) is 7.83. The van der Waals surface area contributed by atoms with Gasteiger partial charge < -0.3 is 24.7 Å². The van der Waals surface area contributed by atoms with Crippen molar-refractivity contribution >= 4 is 64.0 Å². The van der Waals surface area contributed by atoms with Crippen LogP contribution in [0.15, 0.2) is 53.9 Å². The van der Waals surface area contributed by atoms with Gasteiger partial charge in [-0.05, 0) is 30.2 Å². The van der Waals surface area contributed by atoms with E-state index in [4.69, 9.17) is 82.7 Å². The van der Waals surface area contributed by atoms with Crippen LogP contribution in [-0.4, -0.2) is 19.2 Å². The van der Waals surface area contributed by atoms with Gasteiger partial charge in [-0.2, -0.15) is 5.26 Å². The van der Waals surface area contributed by atoms with E-state index in [1.54, 1.807) is 12.1 Å². The average molecular weight is 643 g/mol. The van der Waals surface area contributed by atoms with Crippen LogP contribution in [0.2, 0.25) is 25.1 Å². The number of nitriles is 1. The third-order valence-corrected chi connectivity index (χ3v) is 8.13. The molecule has 0 fully saturated rings. The zero-order valence-corrected chi connectivity index (χ0v) is 24.7. The van der Waals surface area contributed by atoms with Crippen LogP contribution in [-0.2, 0) is 4.79 Å². The molecule has 1 aliphatic rings. The van der Waals surface area contributed by atoms with Crippen molar-refractivity contribution in [2.75, 3.05) is 13.2 Å². The highest BCUT2D eigenvalue weighted by molar-refractivity contribution is 6.55. The summed E-state index contributed by atoms with van der Waals surface area (Å²) in [5.74, 6) is -0.291. The Bertz CT molecular complexity index is 1510. The van der Waals surface area contributed by atoms with E-state index in [1.807, 2.05) is 24.3 Å². The number of carbonyl (C=O) groups excluding carboxylic acids is 1. The minimum Gasteiger partial charge on any atom is -0.494 e. The van der Waals surface area contributed by atoms with Gasteiger partial charge in [0.05, 0.1) is 27.6 Å². The fourth-order valence-electron chi connectivity index (χ4n) is 3.96. The summed E-state index contributed by atoms with van der Waals surface area (Å²) in [5, 5.41) is 9.48. The second-order valence-corrected chi connectivity index (χ2v) is 10.5. The van der Waals surface area contributed by atoms with Crippen LogP contribution in [0.4, 0.5) is 0 Å². The molecular formula is C28H21Cl5N2O5. The molecule has 12 heteroatoms. The van der Waals surface area contributed by atoms with Crippen LogP contribution in [0.5, 0.6) is 23.0 Å². The van der Waals surface area contributed by atoms with E-state index in [1.165, 1.54) is 6.07 Å². The lowest BCUT2D eigenvalue weighted by molar-refractivity contribution is -0.136. The molecule has 0 saturated carbocycles. The Labute approximate surface area is 255 Å². The number of allylic oxidation sites excluding steroid dienone is 1. The lowest BCUT2D eigenvalue weighted by atomic mass is 9.83. The van der Waals surface area contributed by atoms with Crippen molar-refractivity contribution < 1.29 is 23.7 Å². The summed E-state index contributed by atoms with van der Waals surface area (Å²) < 4.78 is 22.4. The summed E-state index contributed by atoms with van der Waals surface area (Å²) in [6.07, 6.45) is 1.93. The average Bonchev–Trinajstić information content (AvgIpc) is 2.94. The lowest BCUT2D eigenvalue weighted by Crippen LogP contribution is -2.22. The number of nitrogens with zero attached hydrogens (tertiary/aromatic N) is 1. The number of ether oxygens (including phenoxy) is 4. The first kappa shape index (κ1) is 30.0. The number of hydrogen-bond donors (Lipinski definition) is 1. The van der Waals surface area contributed by atoms with E-state index in [9.17, 15) is 10.1 Å². The molecule has 2 N–H and O–H groups in total. The van der Waals surface area contributed by atoms with Crippen LogP contribution in [0.1, 0.15) is 36.8 Å². The molecule has 0 saturated heterocycles. The number of carbonyl (C=O) groups is 1. The van der Waals surface area contributed by atoms with Crippen molar-refractivity contribution in [1.82, 2.24) is 0 Å². The van der Waals surface area contributed by atoms with Crippen molar-refractivity contribution in [3.05, 3.63) is 90.2 Å². The number of halogens is 5. The van der Waals surface area contributed by atoms with Crippen LogP contribution < -0.4 is 24.7 Å². The molecule has 4 rings (SSSR count). The smallest absolute Gasteiger partial charge is 0.349 e. The number of benzene rings is 3. The van der Waals surface area contributed by atoms with Gasteiger partial charge in [0.25, 0.3) is 0 Å². The van der Waals surface area contributed by atoms with Crippen molar-refractivity contribution in [1.29, 1.82) is 5.26 Å². The number of hydrogen-bond acceptors (Lipinski definition) is 7. The predicted molar refractivity (Wildman–Crippen MR) is 155 cm³/mol. The Morgan fingerprint density at radius 3 is 2.35 bits per heavy atom. The fourth-order valence-corrected chi connectivity index (χ4v) is 5.19. The van der Waals surface area contributed by atoms with Gasteiger partial charge in [0.15, 0.2) is 12.4 Å². The van der Waals surface area contributed by atoms with Crippen molar-refractivity contribution in [2.45, 2.75) is 25.7 Å². The maximum absolute atomic E-state index is 12.6. The molecule has 1 heterocycles. The zero-order chi connectivity index (χ0) is 29.0. The zero-order valence-electron chi connectivity index (χ0n) is 20.9. The number of nitrogens with two attached hydrogens (primary N) is 1. The molecule has 0 aromatic heterocycles. The first-order chi connectivity index (χ1) is 19.2. The molecule has 40 heavy (non-hydrogen) atoms. The fraction of sp³-hybridized carbons (Fsp3) is 0.214. The molecule has 3 aromatic rings. The van der Waals surface area contributed by atoms with Gasteiger partial charge in [0.1, 0.15) is 38.9 Å². The SMILES string of the molecule is CCCCOc1cccc(C2C(C#N)=C(N)Oc3cc(OC(=O)COc4c(Cl)c(Cl)c(Cl)c(Cl)c4Cl)ccc32)c1. The normalized spacial score (nSPS) is 14.2. The third-order valence-electron chi connectivity index (χ3n) is 5.88. The Balaban J connectivity index is 1.54. The Kier molecular flexibility index (Phi) is 9.83. The highest BCUT2D eigenvalue weighted by Crippen LogP contribution is 2.48. The second-order valence-electron chi connectivity index (χ2n) is 8.56. The Morgan fingerprint density at radius 1 is 0.975 bits per heavy atom. The van der Waals surface area contributed by atoms with Gasteiger partial charge in [-0.15, -0.1) is 0 Å². The topological polar surface area (TPSA) is 104 Å². The summed E-state index contributed by atoms with van der Waals surface area (Å²) in [7, 11) is 0. The van der Waals surface area contributed by atoms with Gasteiger partial charge in [-0.1, -0.05) is 89.5 Å². The van der Waals surface area contributed by atoms with Crippen LogP contribution >= 0.6 is 58.0 Å². The quantitative estimate of drug-likeness (QED) is 0.0823. The van der Waals surface area contributed by atoms with Crippen LogP contribution in [0.3, 0.4) is 0 Å². The molecular weight excluding hydrogens is 622 g/mol. The van der Waals surface area contributed by atoms with E-state index >= 15 is 0 Å². The lowest BCUT2D eigenvalue weighted by Gasteiger charge is -2.27. The van der Waals surface area contributed by atoms with Crippen molar-refractivity contribution in [3.8, 4) is 29.1 Å². The van der Waals surface area contributed by atoms with Gasteiger partial charge in [0, 0.05) is 11.6 Å². The highest BCUT2D eigenvalue weighted by Gasteiger charge is 2.31. The van der Waals surface area contributed by atoms with Crippen molar-refractivity contribution in [2.24, 2.45) is 5.73 Å². The maximum Gasteiger partial charge on any atom is 0.349 e. The summed E-state index contributed by atoms with van der Waals surface area (Å²) in [4.78, 5) is 12.6. The van der Waals surface area contributed by atoms with Gasteiger partial charge in [0.2, 0.25) is 5.88 Å². The first-order valence-electron chi connectivity index (χ1n) is 11.9. The molecule has 0 amide bonds. The largest absolute Gasteiger partial charge is 0.494 e. The van der Waals surface area contributed by atoms with E-state index in [0.29, 0.717) is 23.7 Å². The highest BCUT2D eigenvalue weighted by atomic mass is 35.5. The maximum atomic E-state index is 12.6. The number of fused-ring (bicyclic) bond motifs is 1. The second kappa shape index (κ2) is 13.1. The van der Waals surface area contributed by atoms with Gasteiger partial charge >= 0.3 is 5.97 Å². The number of unbranched alkanes of at least 4 members (excludes halogenated alkanes) is 1. The molecule has 1 atom stereocenters. The molecule has 0 aliphatic carbocycles. The molecule has 1 aliphatic heterocycles. The molecule has 7 nitrogen and oxygen atoms in total. The Hall–Kier alpha value is -2.99. The van der Waals surface area contributed by atoms with E-state index in [-0.39, 0.29) is 48.1 Å². The van der Waals surface area contributed by atoms with Crippen LogP contribution in [0.25, 0.3) is 0 Å². The first-order valence-corrected chi connectivity index (χ1v) is 13.8. The Morgan fingerprint density at radius 2 is 1.68 bits per heavy atom. The van der Waals surface area contributed by atoms with Crippen LogP contribution in [0, 0.1) is 11.3 Å². The molecule has 0 bridgehead atoms. The van der Waals surface area contributed by atoms with Gasteiger partial charge in [-0.3, -0.25) is 0 Å². The number of rotatable bonds is 9. The minimum absolute atomic E-state index is 0.0377.